The van der Waals surface area contributed by atoms with Crippen molar-refractivity contribution < 1.29 is 4.79 Å². The fourth-order valence-corrected chi connectivity index (χ4v) is 2.21. The first-order chi connectivity index (χ1) is 7.70. The highest BCUT2D eigenvalue weighted by Crippen LogP contribution is 2.31. The Labute approximate surface area is 95.5 Å². The lowest BCUT2D eigenvalue weighted by atomic mass is 10.1. The summed E-state index contributed by atoms with van der Waals surface area (Å²) in [5.41, 5.74) is 6.75. The second-order valence-corrected chi connectivity index (χ2v) is 4.26. The van der Waals surface area contributed by atoms with E-state index in [1.165, 1.54) is 0 Å². The predicted molar refractivity (Wildman–Crippen MR) is 61.6 cm³/mol. The van der Waals surface area contributed by atoms with Crippen molar-refractivity contribution in [3.05, 3.63) is 30.1 Å². The van der Waals surface area contributed by atoms with Crippen LogP contribution < -0.4 is 5.73 Å². The molecule has 1 aromatic rings. The molecule has 86 valence electrons. The minimum absolute atomic E-state index is 0.0337. The summed E-state index contributed by atoms with van der Waals surface area (Å²) in [5.74, 6) is 0.0337. The van der Waals surface area contributed by atoms with E-state index in [4.69, 9.17) is 5.73 Å². The van der Waals surface area contributed by atoms with Gasteiger partial charge in [0.25, 0.3) is 0 Å². The van der Waals surface area contributed by atoms with Crippen LogP contribution in [0.15, 0.2) is 24.5 Å². The Balaban J connectivity index is 2.19. The largest absolute Gasteiger partial charge is 0.334 e. The molecule has 0 spiro atoms. The molecule has 1 fully saturated rings. The molecule has 1 aliphatic rings. The van der Waals surface area contributed by atoms with Gasteiger partial charge in [0.05, 0.1) is 12.1 Å². The van der Waals surface area contributed by atoms with Crippen LogP contribution in [0, 0.1) is 0 Å². The second-order valence-electron chi connectivity index (χ2n) is 4.26. The van der Waals surface area contributed by atoms with Crippen molar-refractivity contribution in [3.8, 4) is 0 Å². The Hall–Kier alpha value is -1.42. The van der Waals surface area contributed by atoms with E-state index < -0.39 is 6.04 Å². The Morgan fingerprint density at radius 2 is 2.50 bits per heavy atom. The molecule has 0 bridgehead atoms. The van der Waals surface area contributed by atoms with Gasteiger partial charge in [-0.15, -0.1) is 0 Å². The van der Waals surface area contributed by atoms with Crippen molar-refractivity contribution in [2.75, 3.05) is 6.54 Å². The summed E-state index contributed by atoms with van der Waals surface area (Å²) in [6.07, 6.45) is 5.62. The molecule has 1 amide bonds. The molecule has 4 nitrogen and oxygen atoms in total. The van der Waals surface area contributed by atoms with E-state index in [-0.39, 0.29) is 11.9 Å². The van der Waals surface area contributed by atoms with Crippen LogP contribution >= 0.6 is 0 Å². The lowest BCUT2D eigenvalue weighted by Gasteiger charge is -2.26. The van der Waals surface area contributed by atoms with Gasteiger partial charge in [-0.2, -0.15) is 0 Å². The van der Waals surface area contributed by atoms with E-state index in [0.29, 0.717) is 0 Å². The van der Waals surface area contributed by atoms with Crippen molar-refractivity contribution in [2.24, 2.45) is 5.73 Å². The third-order valence-corrected chi connectivity index (χ3v) is 2.99. The van der Waals surface area contributed by atoms with Gasteiger partial charge >= 0.3 is 0 Å². The SMILES string of the molecule is C[C@@H](N)C(=O)N1CCCC1c1cccnc1. The highest BCUT2D eigenvalue weighted by Gasteiger charge is 2.31. The second kappa shape index (κ2) is 4.61. The van der Waals surface area contributed by atoms with Crippen LogP contribution in [-0.2, 0) is 4.79 Å². The number of nitrogens with two attached hydrogens (primary N) is 1. The zero-order chi connectivity index (χ0) is 11.5. The van der Waals surface area contributed by atoms with Crippen LogP contribution in [0.2, 0.25) is 0 Å². The monoisotopic (exact) mass is 219 g/mol. The zero-order valence-electron chi connectivity index (χ0n) is 9.47. The summed E-state index contributed by atoms with van der Waals surface area (Å²) in [4.78, 5) is 17.9. The van der Waals surface area contributed by atoms with Crippen molar-refractivity contribution >= 4 is 5.91 Å². The summed E-state index contributed by atoms with van der Waals surface area (Å²) in [6, 6.07) is 3.66. The maximum Gasteiger partial charge on any atom is 0.239 e. The molecule has 1 unspecified atom stereocenters. The highest BCUT2D eigenvalue weighted by atomic mass is 16.2. The van der Waals surface area contributed by atoms with Crippen LogP contribution in [0.4, 0.5) is 0 Å². The number of hydrogen-bond acceptors (Lipinski definition) is 3. The number of carbonyl (C=O) groups is 1. The first-order valence-electron chi connectivity index (χ1n) is 5.66. The van der Waals surface area contributed by atoms with Crippen LogP contribution in [0.3, 0.4) is 0 Å². The molecule has 16 heavy (non-hydrogen) atoms. The summed E-state index contributed by atoms with van der Waals surface area (Å²) in [7, 11) is 0. The van der Waals surface area contributed by atoms with Gasteiger partial charge in [0.15, 0.2) is 0 Å². The fourth-order valence-electron chi connectivity index (χ4n) is 2.21. The first-order valence-corrected chi connectivity index (χ1v) is 5.66. The molecule has 1 aromatic heterocycles. The maximum atomic E-state index is 11.9. The average Bonchev–Trinajstić information content (AvgIpc) is 2.77. The highest BCUT2D eigenvalue weighted by molar-refractivity contribution is 5.81. The van der Waals surface area contributed by atoms with E-state index in [1.807, 2.05) is 23.2 Å². The molecular weight excluding hydrogens is 202 g/mol. The van der Waals surface area contributed by atoms with E-state index in [9.17, 15) is 4.79 Å². The zero-order valence-corrected chi connectivity index (χ0v) is 9.47. The topological polar surface area (TPSA) is 59.2 Å². The van der Waals surface area contributed by atoms with Gasteiger partial charge in [0.2, 0.25) is 5.91 Å². The van der Waals surface area contributed by atoms with Gasteiger partial charge in [-0.25, -0.2) is 0 Å². The van der Waals surface area contributed by atoms with E-state index in [0.717, 1.165) is 24.9 Å². The lowest BCUT2D eigenvalue weighted by molar-refractivity contribution is -0.133. The minimum Gasteiger partial charge on any atom is -0.334 e. The Bertz CT molecular complexity index is 364. The molecule has 0 saturated carbocycles. The number of pyridine rings is 1. The van der Waals surface area contributed by atoms with Gasteiger partial charge in [-0.3, -0.25) is 9.78 Å². The number of aromatic nitrogens is 1. The number of hydrogen-bond donors (Lipinski definition) is 1. The molecule has 0 radical (unpaired) electrons. The molecular formula is C12H17N3O. The van der Waals surface area contributed by atoms with E-state index in [2.05, 4.69) is 4.98 Å². The third kappa shape index (κ3) is 2.07. The number of carbonyl (C=O) groups excluding carboxylic acids is 1. The summed E-state index contributed by atoms with van der Waals surface area (Å²) in [5, 5.41) is 0. The van der Waals surface area contributed by atoms with E-state index >= 15 is 0 Å². The number of likely N-dealkylation sites (tertiary alicyclic amines) is 1. The molecule has 2 rings (SSSR count). The predicted octanol–water partition coefficient (Wildman–Crippen LogP) is 1.09. The first kappa shape index (κ1) is 11.1. The number of amides is 1. The van der Waals surface area contributed by atoms with Gasteiger partial charge in [-0.05, 0) is 31.4 Å². The molecule has 0 aromatic carbocycles. The molecule has 2 atom stereocenters. The standard InChI is InChI=1S/C12H17N3O/c1-9(13)12(16)15-7-3-5-11(15)10-4-2-6-14-8-10/h2,4,6,8-9,11H,3,5,7,13H2,1H3/t9-,11?/m1/s1. The fraction of sp³-hybridized carbons (Fsp3) is 0.500. The van der Waals surface area contributed by atoms with Gasteiger partial charge in [0, 0.05) is 18.9 Å². The van der Waals surface area contributed by atoms with Crippen molar-refractivity contribution in [2.45, 2.75) is 31.8 Å². The molecule has 0 aliphatic carbocycles. The quantitative estimate of drug-likeness (QED) is 0.810. The van der Waals surface area contributed by atoms with Gasteiger partial charge < -0.3 is 10.6 Å². The Kier molecular flexibility index (Phi) is 3.19. The van der Waals surface area contributed by atoms with Crippen LogP contribution in [0.25, 0.3) is 0 Å². The number of nitrogens with zero attached hydrogens (tertiary/aromatic N) is 2. The van der Waals surface area contributed by atoms with Crippen molar-refractivity contribution in [1.82, 2.24) is 9.88 Å². The van der Waals surface area contributed by atoms with Gasteiger partial charge in [0.1, 0.15) is 0 Å². The van der Waals surface area contributed by atoms with Crippen molar-refractivity contribution in [3.63, 3.8) is 0 Å². The van der Waals surface area contributed by atoms with Crippen LogP contribution in [0.1, 0.15) is 31.4 Å². The lowest BCUT2D eigenvalue weighted by Crippen LogP contribution is -2.41. The van der Waals surface area contributed by atoms with Crippen molar-refractivity contribution in [1.29, 1.82) is 0 Å². The normalized spacial score (nSPS) is 22.1. The smallest absolute Gasteiger partial charge is 0.239 e. The third-order valence-electron chi connectivity index (χ3n) is 2.99. The molecule has 4 heteroatoms. The van der Waals surface area contributed by atoms with Gasteiger partial charge in [-0.1, -0.05) is 6.07 Å². The Morgan fingerprint density at radius 1 is 1.69 bits per heavy atom. The summed E-state index contributed by atoms with van der Waals surface area (Å²) >= 11 is 0. The molecule has 1 aliphatic heterocycles. The van der Waals surface area contributed by atoms with Crippen LogP contribution in [0.5, 0.6) is 0 Å². The van der Waals surface area contributed by atoms with Crippen LogP contribution in [-0.4, -0.2) is 28.4 Å². The average molecular weight is 219 g/mol. The molecule has 1 saturated heterocycles. The minimum atomic E-state index is -0.419. The maximum absolute atomic E-state index is 11.9. The van der Waals surface area contributed by atoms with E-state index in [1.54, 1.807) is 13.1 Å². The number of rotatable bonds is 2. The summed E-state index contributed by atoms with van der Waals surface area (Å²) in [6.45, 7) is 2.54. The Morgan fingerprint density at radius 3 is 3.12 bits per heavy atom. The molecule has 2 N–H and O–H groups in total. The summed E-state index contributed by atoms with van der Waals surface area (Å²) < 4.78 is 0. The molecule has 2 heterocycles.